The van der Waals surface area contributed by atoms with Gasteiger partial charge < -0.3 is 0 Å². The van der Waals surface area contributed by atoms with Gasteiger partial charge in [0.25, 0.3) is 0 Å². The van der Waals surface area contributed by atoms with Crippen LogP contribution in [0.25, 0.3) is 0 Å². The van der Waals surface area contributed by atoms with Crippen LogP contribution in [0.1, 0.15) is 20.8 Å². The van der Waals surface area contributed by atoms with Crippen molar-refractivity contribution in [2.45, 2.75) is 26.8 Å². The number of hydrogen-bond donors (Lipinski definition) is 0. The van der Waals surface area contributed by atoms with Crippen LogP contribution in [-0.4, -0.2) is 24.1 Å². The summed E-state index contributed by atoms with van der Waals surface area (Å²) in [5, 5.41) is 10.1. The van der Waals surface area contributed by atoms with Gasteiger partial charge >= 0.3 is 0 Å². The molecule has 0 amide bonds. The van der Waals surface area contributed by atoms with Crippen molar-refractivity contribution in [3.63, 3.8) is 0 Å². The first-order valence-corrected chi connectivity index (χ1v) is 3.84. The monoisotopic (exact) mass is 141 g/mol. The zero-order chi connectivity index (χ0) is 7.56. The predicted octanol–water partition coefficient (Wildman–Crippen LogP) is 1.71. The van der Waals surface area contributed by atoms with E-state index in [4.69, 9.17) is 0 Å². The van der Waals surface area contributed by atoms with Gasteiger partial charge in [0.05, 0.1) is 12.6 Å². The van der Waals surface area contributed by atoms with Crippen LogP contribution in [0.15, 0.2) is 10.3 Å². The molecule has 1 aliphatic rings. The summed E-state index contributed by atoms with van der Waals surface area (Å²) in [4.78, 5) is 0. The Labute approximate surface area is 62.1 Å². The normalized spacial score (nSPS) is 24.8. The highest BCUT2D eigenvalue weighted by Gasteiger charge is 2.14. The third-order valence-corrected chi connectivity index (χ3v) is 1.43. The molecule has 1 heterocycles. The second-order valence-corrected chi connectivity index (χ2v) is 3.32. The SMILES string of the molecule is CC(C)CN1CC(C)N=N1. The minimum Gasteiger partial charge on any atom is -0.276 e. The highest BCUT2D eigenvalue weighted by molar-refractivity contribution is 4.68. The highest BCUT2D eigenvalue weighted by Crippen LogP contribution is 2.09. The van der Waals surface area contributed by atoms with Gasteiger partial charge in [-0.25, -0.2) is 0 Å². The molecule has 0 N–H and O–H groups in total. The van der Waals surface area contributed by atoms with Gasteiger partial charge in [0.15, 0.2) is 0 Å². The number of hydrogen-bond acceptors (Lipinski definition) is 3. The van der Waals surface area contributed by atoms with E-state index in [1.807, 2.05) is 5.01 Å². The van der Waals surface area contributed by atoms with Gasteiger partial charge in [0.1, 0.15) is 0 Å². The fraction of sp³-hybridized carbons (Fsp3) is 1.00. The lowest BCUT2D eigenvalue weighted by atomic mass is 10.2. The molecule has 0 aromatic heterocycles. The number of nitrogens with zero attached hydrogens (tertiary/aromatic N) is 3. The minimum atomic E-state index is 0.402. The Hall–Kier alpha value is -0.600. The Morgan fingerprint density at radius 1 is 1.60 bits per heavy atom. The smallest absolute Gasteiger partial charge is 0.0893 e. The van der Waals surface area contributed by atoms with E-state index in [2.05, 4.69) is 31.1 Å². The Bertz CT molecular complexity index is 131. The van der Waals surface area contributed by atoms with E-state index in [0.29, 0.717) is 12.0 Å². The first-order chi connectivity index (χ1) is 4.68. The topological polar surface area (TPSA) is 28.0 Å². The molecule has 0 radical (unpaired) electrons. The summed E-state index contributed by atoms with van der Waals surface area (Å²) in [6, 6.07) is 0.402. The second kappa shape index (κ2) is 2.99. The summed E-state index contributed by atoms with van der Waals surface area (Å²) in [5.74, 6) is 0.684. The van der Waals surface area contributed by atoms with Crippen molar-refractivity contribution in [1.82, 2.24) is 5.01 Å². The molecular formula is C7H15N3. The Morgan fingerprint density at radius 3 is 2.70 bits per heavy atom. The Morgan fingerprint density at radius 2 is 2.30 bits per heavy atom. The second-order valence-electron chi connectivity index (χ2n) is 3.32. The fourth-order valence-corrected chi connectivity index (χ4v) is 1.07. The molecule has 0 saturated heterocycles. The Balaban J connectivity index is 2.26. The van der Waals surface area contributed by atoms with Crippen LogP contribution in [0, 0.1) is 5.92 Å². The van der Waals surface area contributed by atoms with E-state index in [1.165, 1.54) is 0 Å². The molecule has 0 saturated carbocycles. The lowest BCUT2D eigenvalue weighted by Gasteiger charge is -2.14. The maximum absolute atomic E-state index is 4.02. The van der Waals surface area contributed by atoms with Crippen molar-refractivity contribution >= 4 is 0 Å². The van der Waals surface area contributed by atoms with Gasteiger partial charge in [-0.15, -0.1) is 0 Å². The molecule has 0 bridgehead atoms. The van der Waals surface area contributed by atoms with Crippen LogP contribution in [0.4, 0.5) is 0 Å². The van der Waals surface area contributed by atoms with Crippen LogP contribution >= 0.6 is 0 Å². The summed E-state index contributed by atoms with van der Waals surface area (Å²) in [5.41, 5.74) is 0. The quantitative estimate of drug-likeness (QED) is 0.575. The van der Waals surface area contributed by atoms with Crippen LogP contribution in [0.2, 0.25) is 0 Å². The van der Waals surface area contributed by atoms with Crippen LogP contribution < -0.4 is 0 Å². The van der Waals surface area contributed by atoms with E-state index in [9.17, 15) is 0 Å². The molecule has 1 unspecified atom stereocenters. The summed E-state index contributed by atoms with van der Waals surface area (Å²) in [7, 11) is 0. The molecule has 0 aromatic carbocycles. The van der Waals surface area contributed by atoms with Gasteiger partial charge in [-0.2, -0.15) is 5.11 Å². The lowest BCUT2D eigenvalue weighted by Crippen LogP contribution is -2.23. The average molecular weight is 141 g/mol. The van der Waals surface area contributed by atoms with Crippen molar-refractivity contribution in [1.29, 1.82) is 0 Å². The predicted molar refractivity (Wildman–Crippen MR) is 40.7 cm³/mol. The minimum absolute atomic E-state index is 0.402. The van der Waals surface area contributed by atoms with Crippen molar-refractivity contribution in [2.24, 2.45) is 16.3 Å². The molecule has 0 spiro atoms. The van der Waals surface area contributed by atoms with Crippen LogP contribution in [-0.2, 0) is 0 Å². The first kappa shape index (κ1) is 7.51. The summed E-state index contributed by atoms with van der Waals surface area (Å²) in [6.45, 7) is 8.51. The third kappa shape index (κ3) is 1.97. The van der Waals surface area contributed by atoms with E-state index in [-0.39, 0.29) is 0 Å². The molecule has 3 nitrogen and oxygen atoms in total. The molecule has 10 heavy (non-hydrogen) atoms. The first-order valence-electron chi connectivity index (χ1n) is 3.84. The highest BCUT2D eigenvalue weighted by atomic mass is 15.6. The molecule has 3 heteroatoms. The van der Waals surface area contributed by atoms with Gasteiger partial charge in [-0.3, -0.25) is 5.01 Å². The van der Waals surface area contributed by atoms with Gasteiger partial charge in [0, 0.05) is 6.54 Å². The van der Waals surface area contributed by atoms with E-state index in [1.54, 1.807) is 0 Å². The van der Waals surface area contributed by atoms with Crippen LogP contribution in [0.3, 0.4) is 0 Å². The molecule has 0 aromatic rings. The molecular weight excluding hydrogens is 126 g/mol. The third-order valence-electron chi connectivity index (χ3n) is 1.43. The van der Waals surface area contributed by atoms with Gasteiger partial charge in [0.2, 0.25) is 0 Å². The zero-order valence-electron chi connectivity index (χ0n) is 6.91. The van der Waals surface area contributed by atoms with Crippen molar-refractivity contribution < 1.29 is 0 Å². The molecule has 1 rings (SSSR count). The molecule has 0 aliphatic carbocycles. The summed E-state index contributed by atoms with van der Waals surface area (Å²) in [6.07, 6.45) is 0. The summed E-state index contributed by atoms with van der Waals surface area (Å²) < 4.78 is 0. The maximum Gasteiger partial charge on any atom is 0.0893 e. The zero-order valence-corrected chi connectivity index (χ0v) is 6.91. The van der Waals surface area contributed by atoms with E-state index >= 15 is 0 Å². The largest absolute Gasteiger partial charge is 0.276 e. The van der Waals surface area contributed by atoms with Crippen LogP contribution in [0.5, 0.6) is 0 Å². The average Bonchev–Trinajstić information content (AvgIpc) is 2.13. The van der Waals surface area contributed by atoms with Gasteiger partial charge in [-0.05, 0) is 12.8 Å². The fourth-order valence-electron chi connectivity index (χ4n) is 1.07. The van der Waals surface area contributed by atoms with E-state index in [0.717, 1.165) is 13.1 Å². The molecule has 1 aliphatic heterocycles. The van der Waals surface area contributed by atoms with Gasteiger partial charge in [-0.1, -0.05) is 19.1 Å². The van der Waals surface area contributed by atoms with Crippen molar-refractivity contribution in [3.05, 3.63) is 0 Å². The molecule has 1 atom stereocenters. The molecule has 58 valence electrons. The Kier molecular flexibility index (Phi) is 2.25. The van der Waals surface area contributed by atoms with E-state index < -0.39 is 0 Å². The summed E-state index contributed by atoms with van der Waals surface area (Å²) >= 11 is 0. The lowest BCUT2D eigenvalue weighted by molar-refractivity contribution is 0.274. The number of rotatable bonds is 2. The van der Waals surface area contributed by atoms with Crippen molar-refractivity contribution in [2.75, 3.05) is 13.1 Å². The molecule has 0 fully saturated rings. The van der Waals surface area contributed by atoms with Crippen molar-refractivity contribution in [3.8, 4) is 0 Å². The maximum atomic E-state index is 4.02. The standard InChI is InChI=1S/C7H15N3/c1-6(2)4-10-5-7(3)8-9-10/h6-7H,4-5H2,1-3H3.